The number of nitrogens with zero attached hydrogens (tertiary/aromatic N) is 1. The molecular formula is C67H133N2O7P. The Bertz CT molecular complexity index is 1320. The number of phosphoric ester groups is 1. The van der Waals surface area contributed by atoms with Crippen LogP contribution in [0.5, 0.6) is 0 Å². The minimum absolute atomic E-state index is 0.0166. The predicted octanol–water partition coefficient (Wildman–Crippen LogP) is 20.5. The number of rotatable bonds is 63. The first-order chi connectivity index (χ1) is 37.4. The molecule has 0 aliphatic heterocycles. The summed E-state index contributed by atoms with van der Waals surface area (Å²) in [5.41, 5.74) is 0. The van der Waals surface area contributed by atoms with Crippen molar-refractivity contribution >= 4 is 19.7 Å². The van der Waals surface area contributed by atoms with Crippen LogP contribution >= 0.6 is 7.82 Å². The quantitative estimate of drug-likeness (QED) is 0.0212. The molecule has 0 rings (SSSR count). The van der Waals surface area contributed by atoms with Crippen molar-refractivity contribution in [2.24, 2.45) is 0 Å². The van der Waals surface area contributed by atoms with Gasteiger partial charge in [0.1, 0.15) is 19.3 Å². The van der Waals surface area contributed by atoms with Crippen LogP contribution in [0, 0.1) is 0 Å². The van der Waals surface area contributed by atoms with Crippen molar-refractivity contribution < 1.29 is 37.3 Å². The molecule has 0 aliphatic rings. The molecular weight excluding hydrogens is 976 g/mol. The number of unbranched alkanes of at least 4 members (excludes halogenated alkanes) is 47. The second-order valence-electron chi connectivity index (χ2n) is 24.7. The van der Waals surface area contributed by atoms with Gasteiger partial charge in [0, 0.05) is 12.8 Å². The Balaban J connectivity index is 5.05. The smallest absolute Gasteiger partial charge is 0.306 e. The van der Waals surface area contributed by atoms with Gasteiger partial charge in [-0.05, 0) is 31.8 Å². The maximum atomic E-state index is 13.6. The number of nitrogens with one attached hydrogen (secondary N) is 1. The fourth-order valence-electron chi connectivity index (χ4n) is 10.5. The normalized spacial score (nSPS) is 13.6. The molecule has 0 fully saturated rings. The van der Waals surface area contributed by atoms with E-state index in [9.17, 15) is 19.0 Å². The van der Waals surface area contributed by atoms with Crippen LogP contribution in [0.25, 0.3) is 0 Å². The Hall–Kier alpha value is -1.25. The highest BCUT2D eigenvalue weighted by Gasteiger charge is 2.27. The topological polar surface area (TPSA) is 114 Å². The molecule has 0 aromatic heterocycles. The van der Waals surface area contributed by atoms with E-state index in [0.29, 0.717) is 17.4 Å². The number of allylic oxidation sites excluding steroid dienone is 1. The average Bonchev–Trinajstić information content (AvgIpc) is 3.39. The minimum atomic E-state index is -4.69. The van der Waals surface area contributed by atoms with Gasteiger partial charge < -0.3 is 28.5 Å². The zero-order chi connectivity index (χ0) is 56.4. The van der Waals surface area contributed by atoms with E-state index in [-0.39, 0.29) is 31.5 Å². The third kappa shape index (κ3) is 59.2. The molecule has 77 heavy (non-hydrogen) atoms. The minimum Gasteiger partial charge on any atom is -0.756 e. The summed E-state index contributed by atoms with van der Waals surface area (Å²) < 4.78 is 30.4. The number of carbonyl (C=O) groups excluding carboxylic acids is 2. The summed E-state index contributed by atoms with van der Waals surface area (Å²) in [4.78, 5) is 40.1. The van der Waals surface area contributed by atoms with Crippen molar-refractivity contribution in [2.45, 2.75) is 367 Å². The Morgan fingerprint density at radius 1 is 0.442 bits per heavy atom. The van der Waals surface area contributed by atoms with E-state index in [4.69, 9.17) is 13.8 Å². The molecule has 3 atom stereocenters. The predicted molar refractivity (Wildman–Crippen MR) is 330 cm³/mol. The summed E-state index contributed by atoms with van der Waals surface area (Å²) in [5.74, 6) is -0.516. The average molecular weight is 1110 g/mol. The Kier molecular flexibility index (Phi) is 57.0. The molecule has 0 bridgehead atoms. The number of likely N-dealkylation sites (N-methyl/N-ethyl adjacent to an activating group) is 1. The standard InChI is InChI=1S/C67H133N2O7P/c1-7-10-13-16-19-22-25-27-29-31-33-34-36-38-40-42-45-48-51-54-57-60-67(71)76-65(58-55-52-49-46-43-24-21-18-15-12-9-3)64(63-75-77(72,73)74-62-61-69(4,5)6)68-66(70)59-56-53-50-47-44-41-39-37-35-32-30-28-26-23-20-17-14-11-8-2/h55,58,64-65H,7-54,56-57,59-63H2,1-6H3,(H-,68,70,72,73)/b58-55+. The van der Waals surface area contributed by atoms with Gasteiger partial charge in [-0.15, -0.1) is 0 Å². The third-order valence-electron chi connectivity index (χ3n) is 15.7. The number of carbonyl (C=O) groups is 2. The van der Waals surface area contributed by atoms with Crippen LogP contribution in [0.2, 0.25) is 0 Å². The highest BCUT2D eigenvalue weighted by atomic mass is 31.2. The first-order valence-electron chi connectivity index (χ1n) is 34.0. The van der Waals surface area contributed by atoms with Crippen molar-refractivity contribution in [3.63, 3.8) is 0 Å². The lowest BCUT2D eigenvalue weighted by molar-refractivity contribution is -0.870. The molecule has 1 amide bonds. The summed E-state index contributed by atoms with van der Waals surface area (Å²) in [6.07, 6.45) is 67.6. The summed E-state index contributed by atoms with van der Waals surface area (Å²) in [6.45, 7) is 6.91. The molecule has 0 saturated carbocycles. The maximum Gasteiger partial charge on any atom is 0.306 e. The van der Waals surface area contributed by atoms with E-state index in [0.717, 1.165) is 57.8 Å². The summed E-state index contributed by atoms with van der Waals surface area (Å²) >= 11 is 0. The van der Waals surface area contributed by atoms with Gasteiger partial charge >= 0.3 is 5.97 Å². The van der Waals surface area contributed by atoms with E-state index in [2.05, 4.69) is 26.1 Å². The Morgan fingerprint density at radius 3 is 1.06 bits per heavy atom. The number of hydrogen-bond acceptors (Lipinski definition) is 7. The summed E-state index contributed by atoms with van der Waals surface area (Å²) in [5, 5.41) is 3.04. The number of phosphoric acid groups is 1. The second-order valence-corrected chi connectivity index (χ2v) is 26.1. The van der Waals surface area contributed by atoms with Crippen molar-refractivity contribution in [1.29, 1.82) is 0 Å². The molecule has 458 valence electrons. The van der Waals surface area contributed by atoms with Gasteiger partial charge in [0.2, 0.25) is 5.91 Å². The van der Waals surface area contributed by atoms with E-state index in [1.807, 2.05) is 33.3 Å². The van der Waals surface area contributed by atoms with Crippen molar-refractivity contribution in [2.75, 3.05) is 40.9 Å². The van der Waals surface area contributed by atoms with E-state index < -0.39 is 20.0 Å². The van der Waals surface area contributed by atoms with E-state index >= 15 is 0 Å². The van der Waals surface area contributed by atoms with Crippen LogP contribution in [0.15, 0.2) is 12.2 Å². The van der Waals surface area contributed by atoms with Crippen molar-refractivity contribution in [3.05, 3.63) is 12.2 Å². The van der Waals surface area contributed by atoms with Gasteiger partial charge in [0.15, 0.2) is 0 Å². The number of esters is 1. The number of quaternary nitrogens is 1. The van der Waals surface area contributed by atoms with Crippen LogP contribution in [0.3, 0.4) is 0 Å². The van der Waals surface area contributed by atoms with Crippen molar-refractivity contribution in [3.8, 4) is 0 Å². The molecule has 1 N–H and O–H groups in total. The lowest BCUT2D eigenvalue weighted by atomic mass is 10.0. The van der Waals surface area contributed by atoms with Gasteiger partial charge in [0.25, 0.3) is 7.82 Å². The Labute approximate surface area is 480 Å². The van der Waals surface area contributed by atoms with E-state index in [1.54, 1.807) is 0 Å². The van der Waals surface area contributed by atoms with Crippen LogP contribution in [0.1, 0.15) is 355 Å². The largest absolute Gasteiger partial charge is 0.756 e. The van der Waals surface area contributed by atoms with Crippen LogP contribution in [-0.2, 0) is 27.9 Å². The first kappa shape index (κ1) is 75.8. The fourth-order valence-corrected chi connectivity index (χ4v) is 11.2. The molecule has 3 unspecified atom stereocenters. The number of amides is 1. The molecule has 10 heteroatoms. The zero-order valence-electron chi connectivity index (χ0n) is 52.5. The molecule has 0 saturated heterocycles. The highest BCUT2D eigenvalue weighted by molar-refractivity contribution is 7.45. The fraction of sp³-hybridized carbons (Fsp3) is 0.940. The van der Waals surface area contributed by atoms with Gasteiger partial charge in [-0.2, -0.15) is 0 Å². The summed E-state index contributed by atoms with van der Waals surface area (Å²) in [7, 11) is 1.21. The number of hydrogen-bond donors (Lipinski definition) is 1. The summed E-state index contributed by atoms with van der Waals surface area (Å²) in [6, 6.07) is -0.880. The van der Waals surface area contributed by atoms with Gasteiger partial charge in [0.05, 0.1) is 33.8 Å². The zero-order valence-corrected chi connectivity index (χ0v) is 53.3. The van der Waals surface area contributed by atoms with Crippen LogP contribution in [0.4, 0.5) is 0 Å². The third-order valence-corrected chi connectivity index (χ3v) is 16.7. The Morgan fingerprint density at radius 2 is 0.740 bits per heavy atom. The lowest BCUT2D eigenvalue weighted by Crippen LogP contribution is -2.47. The van der Waals surface area contributed by atoms with Gasteiger partial charge in [-0.3, -0.25) is 14.2 Å². The molecule has 0 aromatic carbocycles. The van der Waals surface area contributed by atoms with Gasteiger partial charge in [-0.25, -0.2) is 0 Å². The molecule has 9 nitrogen and oxygen atoms in total. The van der Waals surface area contributed by atoms with Crippen LogP contribution < -0.4 is 10.2 Å². The highest BCUT2D eigenvalue weighted by Crippen LogP contribution is 2.38. The SMILES string of the molecule is CCCCCCCCCCC/C=C/C(OC(=O)CCCCCCCCCCCCCCCCCCCCCCC)C(COP(=O)([O-])OCC[N+](C)(C)C)NC(=O)CCCCCCCCCCCCCCCCCCCCC. The molecule has 0 aliphatic carbocycles. The molecule has 0 radical (unpaired) electrons. The van der Waals surface area contributed by atoms with Crippen molar-refractivity contribution in [1.82, 2.24) is 5.32 Å². The van der Waals surface area contributed by atoms with Crippen LogP contribution in [-0.4, -0.2) is 69.4 Å². The first-order valence-corrected chi connectivity index (χ1v) is 35.5. The lowest BCUT2D eigenvalue weighted by Gasteiger charge is -2.30. The maximum absolute atomic E-state index is 13.6. The molecule has 0 aromatic rings. The van der Waals surface area contributed by atoms with Gasteiger partial charge in [-0.1, -0.05) is 322 Å². The second kappa shape index (κ2) is 58.0. The molecule has 0 spiro atoms. The monoisotopic (exact) mass is 1110 g/mol. The van der Waals surface area contributed by atoms with E-state index in [1.165, 1.54) is 263 Å². The number of ether oxygens (including phenoxy) is 1. The molecule has 0 heterocycles.